The van der Waals surface area contributed by atoms with Gasteiger partial charge >= 0.3 is 0 Å². The van der Waals surface area contributed by atoms with E-state index in [9.17, 15) is 5.11 Å². The van der Waals surface area contributed by atoms with Crippen molar-refractivity contribution >= 4 is 0 Å². The molecule has 1 saturated heterocycles. The Kier molecular flexibility index (Phi) is 5.11. The zero-order valence-corrected chi connectivity index (χ0v) is 11.0. The van der Waals surface area contributed by atoms with E-state index in [4.69, 9.17) is 4.74 Å². The minimum Gasteiger partial charge on any atom is -0.387 e. The summed E-state index contributed by atoms with van der Waals surface area (Å²) in [6.07, 6.45) is 1.33. The lowest BCUT2D eigenvalue weighted by Crippen LogP contribution is -2.36. The van der Waals surface area contributed by atoms with E-state index < -0.39 is 6.10 Å². The second-order valence-electron chi connectivity index (χ2n) is 4.82. The molecule has 0 radical (unpaired) electrons. The molecule has 0 aliphatic carbocycles. The number of aromatic nitrogens is 1. The van der Waals surface area contributed by atoms with Crippen LogP contribution in [0, 0.1) is 6.92 Å². The summed E-state index contributed by atoms with van der Waals surface area (Å²) in [7, 11) is 0. The van der Waals surface area contributed by atoms with Crippen molar-refractivity contribution in [3.8, 4) is 0 Å². The number of aliphatic hydroxyl groups excluding tert-OH is 1. The average Bonchev–Trinajstić information content (AvgIpc) is 2.40. The Labute approximate surface area is 109 Å². The van der Waals surface area contributed by atoms with Gasteiger partial charge in [-0.1, -0.05) is 6.07 Å². The number of aliphatic hydroxyl groups is 1. The lowest BCUT2D eigenvalue weighted by molar-refractivity contribution is 0.0351. The van der Waals surface area contributed by atoms with Crippen LogP contribution in [0.4, 0.5) is 0 Å². The zero-order valence-electron chi connectivity index (χ0n) is 11.0. The summed E-state index contributed by atoms with van der Waals surface area (Å²) in [5.74, 6) is 0. The Hall–Kier alpha value is -0.970. The van der Waals surface area contributed by atoms with Gasteiger partial charge in [-0.05, 0) is 38.4 Å². The van der Waals surface area contributed by atoms with E-state index in [1.807, 2.05) is 25.1 Å². The van der Waals surface area contributed by atoms with Crippen LogP contribution in [-0.2, 0) is 4.74 Å². The first-order chi connectivity index (χ1) is 8.75. The maximum atomic E-state index is 10.1. The van der Waals surface area contributed by atoms with Gasteiger partial charge in [0, 0.05) is 18.8 Å². The van der Waals surface area contributed by atoms with Gasteiger partial charge in [-0.2, -0.15) is 0 Å². The van der Waals surface area contributed by atoms with Gasteiger partial charge in [0.05, 0.1) is 25.0 Å². The molecule has 1 aromatic heterocycles. The summed E-state index contributed by atoms with van der Waals surface area (Å²) in [6.45, 7) is 6.68. The van der Waals surface area contributed by atoms with Crippen LogP contribution in [0.25, 0.3) is 0 Å². The van der Waals surface area contributed by atoms with Crippen LogP contribution in [0.3, 0.4) is 0 Å². The molecule has 0 saturated carbocycles. The molecule has 4 nitrogen and oxygen atoms in total. The smallest absolute Gasteiger partial charge is 0.0960 e. The molecule has 1 aliphatic rings. The molecule has 1 unspecified atom stereocenters. The third kappa shape index (κ3) is 4.05. The fourth-order valence-electron chi connectivity index (χ4n) is 2.23. The van der Waals surface area contributed by atoms with E-state index in [1.165, 1.54) is 0 Å². The maximum Gasteiger partial charge on any atom is 0.0960 e. The molecule has 2 rings (SSSR count). The average molecular weight is 250 g/mol. The molecule has 1 aromatic rings. The number of nitrogens with zero attached hydrogens (tertiary/aromatic N) is 2. The van der Waals surface area contributed by atoms with Crippen LogP contribution in [0.1, 0.15) is 30.3 Å². The zero-order chi connectivity index (χ0) is 12.8. The fraction of sp³-hybridized carbons (Fsp3) is 0.643. The van der Waals surface area contributed by atoms with Crippen molar-refractivity contribution in [3.63, 3.8) is 0 Å². The number of morpholine rings is 1. The molecule has 2 heterocycles. The molecule has 1 N–H and O–H groups in total. The summed E-state index contributed by atoms with van der Waals surface area (Å²) < 4.78 is 5.31. The summed E-state index contributed by atoms with van der Waals surface area (Å²) in [5.41, 5.74) is 1.75. The van der Waals surface area contributed by atoms with Gasteiger partial charge in [-0.3, -0.25) is 9.88 Å². The second-order valence-corrected chi connectivity index (χ2v) is 4.82. The van der Waals surface area contributed by atoms with Crippen LogP contribution >= 0.6 is 0 Å². The Morgan fingerprint density at radius 3 is 2.89 bits per heavy atom. The van der Waals surface area contributed by atoms with Crippen molar-refractivity contribution in [2.75, 3.05) is 32.8 Å². The van der Waals surface area contributed by atoms with Crippen molar-refractivity contribution in [3.05, 3.63) is 29.6 Å². The molecule has 0 spiro atoms. The number of pyridine rings is 1. The van der Waals surface area contributed by atoms with E-state index in [0.29, 0.717) is 0 Å². The quantitative estimate of drug-likeness (QED) is 0.861. The predicted octanol–water partition coefficient (Wildman–Crippen LogP) is 1.54. The Balaban J connectivity index is 1.72. The Bertz CT molecular complexity index is 365. The molecular formula is C14H22N2O2. The van der Waals surface area contributed by atoms with Gasteiger partial charge in [-0.25, -0.2) is 0 Å². The van der Waals surface area contributed by atoms with Gasteiger partial charge in [0.25, 0.3) is 0 Å². The second kappa shape index (κ2) is 6.83. The number of rotatable bonds is 5. The fourth-order valence-corrected chi connectivity index (χ4v) is 2.23. The highest BCUT2D eigenvalue weighted by atomic mass is 16.5. The summed E-state index contributed by atoms with van der Waals surface area (Å²) in [5, 5.41) is 10.1. The molecule has 0 bridgehead atoms. The van der Waals surface area contributed by atoms with Crippen molar-refractivity contribution in [2.24, 2.45) is 0 Å². The molecule has 0 aromatic carbocycles. The highest BCUT2D eigenvalue weighted by Crippen LogP contribution is 2.16. The molecule has 1 aliphatic heterocycles. The van der Waals surface area contributed by atoms with Crippen molar-refractivity contribution in [2.45, 2.75) is 25.9 Å². The third-order valence-corrected chi connectivity index (χ3v) is 3.31. The van der Waals surface area contributed by atoms with Crippen molar-refractivity contribution in [1.29, 1.82) is 0 Å². The minimum absolute atomic E-state index is 0.439. The standard InChI is InChI=1S/C14H22N2O2/c1-12-4-2-5-13(15-12)14(17)6-3-7-16-8-10-18-11-9-16/h2,4-5,14,17H,3,6-11H2,1H3. The molecule has 100 valence electrons. The van der Waals surface area contributed by atoms with Crippen molar-refractivity contribution in [1.82, 2.24) is 9.88 Å². The van der Waals surface area contributed by atoms with E-state index in [1.54, 1.807) is 0 Å². The molecule has 4 heteroatoms. The van der Waals surface area contributed by atoms with Gasteiger partial charge in [-0.15, -0.1) is 0 Å². The van der Waals surface area contributed by atoms with E-state index >= 15 is 0 Å². The summed E-state index contributed by atoms with van der Waals surface area (Å²) in [6, 6.07) is 5.79. The number of hydrogen-bond donors (Lipinski definition) is 1. The predicted molar refractivity (Wildman–Crippen MR) is 70.4 cm³/mol. The van der Waals surface area contributed by atoms with E-state index in [2.05, 4.69) is 9.88 Å². The SMILES string of the molecule is Cc1cccc(C(O)CCCN2CCOCC2)n1. The van der Waals surface area contributed by atoms with Crippen LogP contribution in [0.5, 0.6) is 0 Å². The monoisotopic (exact) mass is 250 g/mol. The minimum atomic E-state index is -0.439. The van der Waals surface area contributed by atoms with Crippen LogP contribution in [-0.4, -0.2) is 47.8 Å². The maximum absolute atomic E-state index is 10.1. The van der Waals surface area contributed by atoms with Gasteiger partial charge < -0.3 is 9.84 Å². The first-order valence-corrected chi connectivity index (χ1v) is 6.67. The molecule has 18 heavy (non-hydrogen) atoms. The first kappa shape index (κ1) is 13.5. The highest BCUT2D eigenvalue weighted by Gasteiger charge is 2.12. The third-order valence-electron chi connectivity index (χ3n) is 3.31. The molecule has 1 atom stereocenters. The largest absolute Gasteiger partial charge is 0.387 e. The first-order valence-electron chi connectivity index (χ1n) is 6.67. The normalized spacial score (nSPS) is 18.8. The van der Waals surface area contributed by atoms with Gasteiger partial charge in [0.1, 0.15) is 0 Å². The molecule has 0 amide bonds. The van der Waals surface area contributed by atoms with Gasteiger partial charge in [0.15, 0.2) is 0 Å². The lowest BCUT2D eigenvalue weighted by Gasteiger charge is -2.26. The lowest BCUT2D eigenvalue weighted by atomic mass is 10.1. The summed E-state index contributed by atoms with van der Waals surface area (Å²) >= 11 is 0. The Morgan fingerprint density at radius 2 is 2.17 bits per heavy atom. The van der Waals surface area contributed by atoms with E-state index in [-0.39, 0.29) is 0 Å². The number of aryl methyl sites for hydroxylation is 1. The number of hydrogen-bond acceptors (Lipinski definition) is 4. The molecule has 1 fully saturated rings. The molecular weight excluding hydrogens is 228 g/mol. The van der Waals surface area contributed by atoms with Crippen LogP contribution in [0.2, 0.25) is 0 Å². The highest BCUT2D eigenvalue weighted by molar-refractivity contribution is 5.11. The van der Waals surface area contributed by atoms with Crippen LogP contribution in [0.15, 0.2) is 18.2 Å². The van der Waals surface area contributed by atoms with E-state index in [0.717, 1.165) is 57.1 Å². The van der Waals surface area contributed by atoms with Crippen LogP contribution < -0.4 is 0 Å². The van der Waals surface area contributed by atoms with Crippen molar-refractivity contribution < 1.29 is 9.84 Å². The topological polar surface area (TPSA) is 45.6 Å². The number of ether oxygens (including phenoxy) is 1. The van der Waals surface area contributed by atoms with Gasteiger partial charge in [0.2, 0.25) is 0 Å². The summed E-state index contributed by atoms with van der Waals surface area (Å²) in [4.78, 5) is 6.74. The Morgan fingerprint density at radius 1 is 1.39 bits per heavy atom.